The molecule has 5 rings (SSSR count). The van der Waals surface area contributed by atoms with Gasteiger partial charge in [0.15, 0.2) is 5.16 Å². The van der Waals surface area contributed by atoms with Gasteiger partial charge in [-0.3, -0.25) is 19.0 Å². The van der Waals surface area contributed by atoms with E-state index in [-0.39, 0.29) is 29.2 Å². The van der Waals surface area contributed by atoms with Gasteiger partial charge in [-0.05, 0) is 49.2 Å². The van der Waals surface area contributed by atoms with Crippen LogP contribution in [0.3, 0.4) is 0 Å². The molecule has 2 N–H and O–H groups in total. The van der Waals surface area contributed by atoms with Gasteiger partial charge in [-0.15, -0.1) is 0 Å². The third-order valence-corrected chi connectivity index (χ3v) is 7.17. The summed E-state index contributed by atoms with van der Waals surface area (Å²) in [7, 11) is 0. The average Bonchev–Trinajstić information content (AvgIpc) is 3.41. The lowest BCUT2D eigenvalue weighted by atomic mass is 10.1. The van der Waals surface area contributed by atoms with Crippen molar-refractivity contribution in [1.29, 1.82) is 0 Å². The molecule has 1 aliphatic rings. The second kappa shape index (κ2) is 10.8. The van der Waals surface area contributed by atoms with E-state index in [1.807, 2.05) is 36.4 Å². The number of hydrogen-bond acceptors (Lipinski definition) is 5. The summed E-state index contributed by atoms with van der Waals surface area (Å²) in [6.45, 7) is 0. The number of rotatable bonds is 7. The van der Waals surface area contributed by atoms with E-state index in [0.29, 0.717) is 33.0 Å². The van der Waals surface area contributed by atoms with Gasteiger partial charge in [-0.25, -0.2) is 4.98 Å². The SMILES string of the molecule is O=C(CSc1nc2ccccc2c(=O)n1-c1ccccc1)Nc1ccccc1C(=O)NC1CCCC1. The number of anilines is 1. The number of nitrogens with zero attached hydrogens (tertiary/aromatic N) is 2. The van der Waals surface area contributed by atoms with Gasteiger partial charge in [0.1, 0.15) is 0 Å². The highest BCUT2D eigenvalue weighted by molar-refractivity contribution is 7.99. The Morgan fingerprint density at radius 1 is 0.917 bits per heavy atom. The number of amides is 2. The quantitative estimate of drug-likeness (QED) is 0.282. The maximum Gasteiger partial charge on any atom is 0.266 e. The van der Waals surface area contributed by atoms with Gasteiger partial charge in [0.2, 0.25) is 5.91 Å². The minimum absolute atomic E-state index is 0.0240. The average molecular weight is 499 g/mol. The molecule has 3 aromatic carbocycles. The first-order valence-corrected chi connectivity index (χ1v) is 13.0. The molecule has 4 aromatic rings. The number of benzene rings is 3. The highest BCUT2D eigenvalue weighted by atomic mass is 32.2. The van der Waals surface area contributed by atoms with Crippen LogP contribution in [-0.2, 0) is 4.79 Å². The number of carbonyl (C=O) groups excluding carboxylic acids is 2. The van der Waals surface area contributed by atoms with E-state index in [2.05, 4.69) is 15.6 Å². The molecule has 0 unspecified atom stereocenters. The fourth-order valence-electron chi connectivity index (χ4n) is 4.45. The summed E-state index contributed by atoms with van der Waals surface area (Å²) in [5, 5.41) is 6.87. The molecule has 8 heteroatoms. The number of nitrogens with one attached hydrogen (secondary N) is 2. The lowest BCUT2D eigenvalue weighted by Crippen LogP contribution is -2.33. The number of carbonyl (C=O) groups is 2. The maximum absolute atomic E-state index is 13.3. The van der Waals surface area contributed by atoms with E-state index >= 15 is 0 Å². The summed E-state index contributed by atoms with van der Waals surface area (Å²) in [6.07, 6.45) is 4.21. The van der Waals surface area contributed by atoms with Crippen LogP contribution in [0.25, 0.3) is 16.6 Å². The number of para-hydroxylation sites is 3. The Kier molecular flexibility index (Phi) is 7.13. The molecular formula is C28H26N4O3S. The Labute approximate surface area is 212 Å². The minimum atomic E-state index is -0.289. The molecule has 1 aromatic heterocycles. The molecule has 0 spiro atoms. The van der Waals surface area contributed by atoms with Crippen molar-refractivity contribution in [3.63, 3.8) is 0 Å². The van der Waals surface area contributed by atoms with Crippen molar-refractivity contribution < 1.29 is 9.59 Å². The summed E-state index contributed by atoms with van der Waals surface area (Å²) in [4.78, 5) is 43.7. The molecule has 36 heavy (non-hydrogen) atoms. The van der Waals surface area contributed by atoms with Crippen molar-refractivity contribution in [3.05, 3.63) is 94.8 Å². The third-order valence-electron chi connectivity index (χ3n) is 6.23. The second-order valence-corrected chi connectivity index (χ2v) is 9.67. The molecule has 1 aliphatic carbocycles. The molecule has 0 radical (unpaired) electrons. The zero-order valence-corrected chi connectivity index (χ0v) is 20.5. The number of fused-ring (bicyclic) bond motifs is 1. The monoisotopic (exact) mass is 498 g/mol. The molecule has 1 saturated carbocycles. The Hall–Kier alpha value is -3.91. The van der Waals surface area contributed by atoms with Crippen molar-refractivity contribution in [2.75, 3.05) is 11.1 Å². The van der Waals surface area contributed by atoms with Crippen LogP contribution >= 0.6 is 11.8 Å². The van der Waals surface area contributed by atoms with E-state index < -0.39 is 0 Å². The molecule has 0 aliphatic heterocycles. The number of aromatic nitrogens is 2. The summed E-state index contributed by atoms with van der Waals surface area (Å²) >= 11 is 1.18. The summed E-state index contributed by atoms with van der Waals surface area (Å²) in [5.41, 5.74) is 1.96. The summed E-state index contributed by atoms with van der Waals surface area (Å²) in [5.74, 6) is -0.446. The largest absolute Gasteiger partial charge is 0.349 e. The standard InChI is InChI=1S/C28H26N4O3S/c33-25(30-23-16-8-6-14-21(23)26(34)29-19-10-4-5-11-19)18-36-28-31-24-17-9-7-15-22(24)27(35)32(28)20-12-2-1-3-13-20/h1-3,6-9,12-17,19H,4-5,10-11,18H2,(H,29,34)(H,30,33). The number of thioether (sulfide) groups is 1. The highest BCUT2D eigenvalue weighted by Gasteiger charge is 2.20. The topological polar surface area (TPSA) is 93.1 Å². The molecule has 0 saturated heterocycles. The molecule has 182 valence electrons. The number of hydrogen-bond donors (Lipinski definition) is 2. The molecule has 0 bridgehead atoms. The van der Waals surface area contributed by atoms with E-state index in [0.717, 1.165) is 25.7 Å². The van der Waals surface area contributed by atoms with Crippen LogP contribution in [0.1, 0.15) is 36.0 Å². The van der Waals surface area contributed by atoms with Crippen LogP contribution in [0, 0.1) is 0 Å². The Balaban J connectivity index is 1.36. The lowest BCUT2D eigenvalue weighted by Gasteiger charge is -2.15. The predicted molar refractivity (Wildman–Crippen MR) is 143 cm³/mol. The van der Waals surface area contributed by atoms with E-state index in [1.165, 1.54) is 16.3 Å². The normalized spacial score (nSPS) is 13.6. The van der Waals surface area contributed by atoms with Gasteiger partial charge in [-0.1, -0.05) is 67.1 Å². The Bertz CT molecular complexity index is 1460. The van der Waals surface area contributed by atoms with Crippen molar-refractivity contribution >= 4 is 40.2 Å². The van der Waals surface area contributed by atoms with Crippen LogP contribution < -0.4 is 16.2 Å². The van der Waals surface area contributed by atoms with Crippen LogP contribution in [-0.4, -0.2) is 33.2 Å². The van der Waals surface area contributed by atoms with Crippen molar-refractivity contribution in [2.45, 2.75) is 36.9 Å². The van der Waals surface area contributed by atoms with Gasteiger partial charge in [0, 0.05) is 6.04 Å². The van der Waals surface area contributed by atoms with Crippen LogP contribution in [0.5, 0.6) is 0 Å². The van der Waals surface area contributed by atoms with E-state index in [4.69, 9.17) is 0 Å². The van der Waals surface area contributed by atoms with Gasteiger partial charge >= 0.3 is 0 Å². The molecule has 2 amide bonds. The van der Waals surface area contributed by atoms with Crippen LogP contribution in [0.15, 0.2) is 88.8 Å². The van der Waals surface area contributed by atoms with E-state index in [9.17, 15) is 14.4 Å². The van der Waals surface area contributed by atoms with Gasteiger partial charge < -0.3 is 10.6 Å². The third kappa shape index (κ3) is 5.18. The Morgan fingerprint density at radius 2 is 1.61 bits per heavy atom. The molecule has 1 heterocycles. The lowest BCUT2D eigenvalue weighted by molar-refractivity contribution is -0.113. The van der Waals surface area contributed by atoms with Gasteiger partial charge in [-0.2, -0.15) is 0 Å². The smallest absolute Gasteiger partial charge is 0.266 e. The second-order valence-electron chi connectivity index (χ2n) is 8.72. The van der Waals surface area contributed by atoms with E-state index in [1.54, 1.807) is 42.5 Å². The summed E-state index contributed by atoms with van der Waals surface area (Å²) < 4.78 is 1.53. The maximum atomic E-state index is 13.3. The predicted octanol–water partition coefficient (Wildman–Crippen LogP) is 4.79. The first-order valence-electron chi connectivity index (χ1n) is 12.0. The van der Waals surface area contributed by atoms with Crippen LogP contribution in [0.4, 0.5) is 5.69 Å². The zero-order chi connectivity index (χ0) is 24.9. The molecule has 0 atom stereocenters. The van der Waals surface area contributed by atoms with Gasteiger partial charge in [0.25, 0.3) is 11.5 Å². The van der Waals surface area contributed by atoms with Gasteiger partial charge in [0.05, 0.1) is 33.6 Å². The van der Waals surface area contributed by atoms with Crippen molar-refractivity contribution in [3.8, 4) is 5.69 Å². The molecular weight excluding hydrogens is 472 g/mol. The van der Waals surface area contributed by atoms with Crippen LogP contribution in [0.2, 0.25) is 0 Å². The first kappa shape index (κ1) is 23.8. The fraction of sp³-hybridized carbons (Fsp3) is 0.214. The highest BCUT2D eigenvalue weighted by Crippen LogP contribution is 2.23. The minimum Gasteiger partial charge on any atom is -0.349 e. The summed E-state index contributed by atoms with van der Waals surface area (Å²) in [6, 6.07) is 23.6. The fourth-order valence-corrected chi connectivity index (χ4v) is 5.27. The zero-order valence-electron chi connectivity index (χ0n) is 19.6. The Morgan fingerprint density at radius 3 is 2.42 bits per heavy atom. The molecule has 1 fully saturated rings. The first-order chi connectivity index (χ1) is 17.6. The van der Waals surface area contributed by atoms with Crippen molar-refractivity contribution in [2.24, 2.45) is 0 Å². The van der Waals surface area contributed by atoms with Crippen molar-refractivity contribution in [1.82, 2.24) is 14.9 Å². The molecule has 7 nitrogen and oxygen atoms in total.